The minimum absolute atomic E-state index is 0.230. The fourth-order valence-electron chi connectivity index (χ4n) is 3.30. The third kappa shape index (κ3) is 3.44. The first-order chi connectivity index (χ1) is 8.16. The predicted octanol–water partition coefficient (Wildman–Crippen LogP) is 2.20. The van der Waals surface area contributed by atoms with Crippen LogP contribution in [0.25, 0.3) is 0 Å². The first-order valence-corrected chi connectivity index (χ1v) is 7.22. The summed E-state index contributed by atoms with van der Waals surface area (Å²) in [7, 11) is 0. The average Bonchev–Trinajstić information content (AvgIpc) is 2.79. The number of nitrogens with two attached hydrogens (primary N) is 1. The van der Waals surface area contributed by atoms with E-state index in [1.54, 1.807) is 0 Å². The van der Waals surface area contributed by atoms with E-state index in [-0.39, 0.29) is 12.0 Å². The maximum absolute atomic E-state index is 12.1. The highest BCUT2D eigenvalue weighted by molar-refractivity contribution is 5.79. The molecule has 1 amide bonds. The van der Waals surface area contributed by atoms with E-state index in [1.807, 2.05) is 0 Å². The first-order valence-electron chi connectivity index (χ1n) is 7.22. The summed E-state index contributed by atoms with van der Waals surface area (Å²) in [5.74, 6) is 1.07. The van der Waals surface area contributed by atoms with Gasteiger partial charge in [0, 0.05) is 18.0 Å². The van der Waals surface area contributed by atoms with E-state index in [1.165, 1.54) is 32.1 Å². The van der Waals surface area contributed by atoms with Crippen molar-refractivity contribution in [3.05, 3.63) is 0 Å². The van der Waals surface area contributed by atoms with Gasteiger partial charge >= 0.3 is 0 Å². The van der Waals surface area contributed by atoms with E-state index in [0.29, 0.717) is 17.9 Å². The fourth-order valence-corrected chi connectivity index (χ4v) is 3.30. The van der Waals surface area contributed by atoms with Crippen LogP contribution in [0, 0.1) is 11.8 Å². The molecule has 2 aliphatic carbocycles. The number of rotatable bonds is 3. The minimum atomic E-state index is 0.230. The number of carbonyl (C=O) groups is 1. The van der Waals surface area contributed by atoms with Gasteiger partial charge in [-0.3, -0.25) is 4.79 Å². The van der Waals surface area contributed by atoms with Crippen molar-refractivity contribution in [2.45, 2.75) is 70.4 Å². The molecule has 3 unspecified atom stereocenters. The van der Waals surface area contributed by atoms with Gasteiger partial charge < -0.3 is 11.1 Å². The van der Waals surface area contributed by atoms with Crippen molar-refractivity contribution >= 4 is 5.91 Å². The number of hydrogen-bond donors (Lipinski definition) is 2. The molecule has 0 saturated heterocycles. The Kier molecular flexibility index (Phi) is 4.43. The Bertz CT molecular complexity index is 259. The molecule has 0 spiro atoms. The van der Waals surface area contributed by atoms with E-state index in [2.05, 4.69) is 12.2 Å². The highest BCUT2D eigenvalue weighted by Gasteiger charge is 2.32. The van der Waals surface area contributed by atoms with E-state index in [4.69, 9.17) is 5.73 Å². The van der Waals surface area contributed by atoms with Crippen LogP contribution in [-0.2, 0) is 4.79 Å². The summed E-state index contributed by atoms with van der Waals surface area (Å²) >= 11 is 0. The van der Waals surface area contributed by atoms with Crippen molar-refractivity contribution in [3.8, 4) is 0 Å². The zero-order chi connectivity index (χ0) is 12.3. The Morgan fingerprint density at radius 2 is 1.88 bits per heavy atom. The standard InChI is InChI=1S/C14H26N2O/c1-10(15)11-7-8-12(9-11)14(17)16-13-5-3-2-4-6-13/h10-13H,2-9,15H2,1H3,(H,16,17). The van der Waals surface area contributed by atoms with Crippen LogP contribution >= 0.6 is 0 Å². The van der Waals surface area contributed by atoms with Gasteiger partial charge in [0.2, 0.25) is 5.91 Å². The molecule has 2 aliphatic rings. The van der Waals surface area contributed by atoms with E-state index in [0.717, 1.165) is 19.3 Å². The molecule has 3 atom stereocenters. The normalized spacial score (nSPS) is 32.4. The van der Waals surface area contributed by atoms with Crippen LogP contribution in [0.15, 0.2) is 0 Å². The molecule has 2 rings (SSSR count). The molecule has 3 N–H and O–H groups in total. The lowest BCUT2D eigenvalue weighted by Crippen LogP contribution is -2.39. The van der Waals surface area contributed by atoms with Gasteiger partial charge in [0.1, 0.15) is 0 Å². The zero-order valence-corrected chi connectivity index (χ0v) is 11.0. The van der Waals surface area contributed by atoms with Crippen molar-refractivity contribution in [2.75, 3.05) is 0 Å². The average molecular weight is 238 g/mol. The zero-order valence-electron chi connectivity index (χ0n) is 11.0. The molecule has 0 aromatic rings. The lowest BCUT2D eigenvalue weighted by Gasteiger charge is -2.24. The molecule has 0 heterocycles. The first kappa shape index (κ1) is 12.9. The topological polar surface area (TPSA) is 55.1 Å². The Hall–Kier alpha value is -0.570. The quantitative estimate of drug-likeness (QED) is 0.792. The SMILES string of the molecule is CC(N)C1CCC(C(=O)NC2CCCCC2)C1. The summed E-state index contributed by atoms with van der Waals surface area (Å²) in [5.41, 5.74) is 5.91. The van der Waals surface area contributed by atoms with Gasteiger partial charge in [-0.15, -0.1) is 0 Å². The van der Waals surface area contributed by atoms with Crippen molar-refractivity contribution in [1.29, 1.82) is 0 Å². The van der Waals surface area contributed by atoms with Crippen LogP contribution in [-0.4, -0.2) is 18.0 Å². The summed E-state index contributed by atoms with van der Waals surface area (Å²) in [6.07, 6.45) is 9.39. The highest BCUT2D eigenvalue weighted by Crippen LogP contribution is 2.33. The van der Waals surface area contributed by atoms with Crippen LogP contribution in [0.1, 0.15) is 58.3 Å². The number of amides is 1. The molecule has 3 heteroatoms. The molecule has 0 bridgehead atoms. The predicted molar refractivity (Wildman–Crippen MR) is 69.5 cm³/mol. The molecule has 2 fully saturated rings. The molecule has 0 aromatic carbocycles. The Labute approximate surface area is 105 Å². The van der Waals surface area contributed by atoms with Crippen LogP contribution in [0.5, 0.6) is 0 Å². The van der Waals surface area contributed by atoms with Gasteiger partial charge in [0.15, 0.2) is 0 Å². The maximum Gasteiger partial charge on any atom is 0.223 e. The third-order valence-corrected chi connectivity index (χ3v) is 4.54. The molecule has 3 nitrogen and oxygen atoms in total. The van der Waals surface area contributed by atoms with Gasteiger partial charge in [0.05, 0.1) is 0 Å². The van der Waals surface area contributed by atoms with Gasteiger partial charge in [-0.05, 0) is 44.9 Å². The molecule has 0 aromatic heterocycles. The van der Waals surface area contributed by atoms with Crippen molar-refractivity contribution in [1.82, 2.24) is 5.32 Å². The molecule has 17 heavy (non-hydrogen) atoms. The second kappa shape index (κ2) is 5.85. The number of carbonyl (C=O) groups excluding carboxylic acids is 1. The van der Waals surface area contributed by atoms with Crippen LogP contribution in [0.4, 0.5) is 0 Å². The Morgan fingerprint density at radius 1 is 1.18 bits per heavy atom. The smallest absolute Gasteiger partial charge is 0.223 e. The minimum Gasteiger partial charge on any atom is -0.353 e. The number of nitrogens with one attached hydrogen (secondary N) is 1. The third-order valence-electron chi connectivity index (χ3n) is 4.54. The summed E-state index contributed by atoms with van der Waals surface area (Å²) in [6.45, 7) is 2.06. The lowest BCUT2D eigenvalue weighted by atomic mass is 9.94. The summed E-state index contributed by atoms with van der Waals surface area (Å²) < 4.78 is 0. The van der Waals surface area contributed by atoms with E-state index >= 15 is 0 Å². The van der Waals surface area contributed by atoms with Gasteiger partial charge in [0.25, 0.3) is 0 Å². The van der Waals surface area contributed by atoms with Gasteiger partial charge in [-0.1, -0.05) is 19.3 Å². The molecule has 0 radical (unpaired) electrons. The molecule has 98 valence electrons. The summed E-state index contributed by atoms with van der Waals surface area (Å²) in [6, 6.07) is 0.688. The number of hydrogen-bond acceptors (Lipinski definition) is 2. The fraction of sp³-hybridized carbons (Fsp3) is 0.929. The van der Waals surface area contributed by atoms with Crippen LogP contribution < -0.4 is 11.1 Å². The van der Waals surface area contributed by atoms with Crippen molar-refractivity contribution < 1.29 is 4.79 Å². The van der Waals surface area contributed by atoms with Crippen molar-refractivity contribution in [3.63, 3.8) is 0 Å². The second-order valence-corrected chi connectivity index (χ2v) is 5.97. The lowest BCUT2D eigenvalue weighted by molar-refractivity contribution is -0.125. The summed E-state index contributed by atoms with van der Waals surface area (Å²) in [5, 5.41) is 3.24. The molecule has 0 aliphatic heterocycles. The van der Waals surface area contributed by atoms with E-state index in [9.17, 15) is 4.79 Å². The van der Waals surface area contributed by atoms with E-state index < -0.39 is 0 Å². The van der Waals surface area contributed by atoms with Gasteiger partial charge in [-0.25, -0.2) is 0 Å². The Balaban J connectivity index is 1.76. The summed E-state index contributed by atoms with van der Waals surface area (Å²) in [4.78, 5) is 12.1. The van der Waals surface area contributed by atoms with Crippen molar-refractivity contribution in [2.24, 2.45) is 17.6 Å². The monoisotopic (exact) mass is 238 g/mol. The maximum atomic E-state index is 12.1. The van der Waals surface area contributed by atoms with Crippen LogP contribution in [0.2, 0.25) is 0 Å². The highest BCUT2D eigenvalue weighted by atomic mass is 16.1. The van der Waals surface area contributed by atoms with Crippen LogP contribution in [0.3, 0.4) is 0 Å². The molecule has 2 saturated carbocycles. The largest absolute Gasteiger partial charge is 0.353 e. The Morgan fingerprint density at radius 3 is 2.47 bits per heavy atom. The molecular formula is C14H26N2O. The second-order valence-electron chi connectivity index (χ2n) is 5.97. The van der Waals surface area contributed by atoms with Gasteiger partial charge in [-0.2, -0.15) is 0 Å². The molecular weight excluding hydrogens is 212 g/mol.